The second kappa shape index (κ2) is 12.7. The van der Waals surface area contributed by atoms with Crippen molar-refractivity contribution in [1.29, 1.82) is 0 Å². The monoisotopic (exact) mass is 602 g/mol. The van der Waals surface area contributed by atoms with Crippen LogP contribution in [0.15, 0.2) is 72.9 Å². The summed E-state index contributed by atoms with van der Waals surface area (Å²) in [5.41, 5.74) is -0.499. The van der Waals surface area contributed by atoms with Crippen molar-refractivity contribution in [3.8, 4) is 0 Å². The first kappa shape index (κ1) is 30.7. The van der Waals surface area contributed by atoms with Crippen molar-refractivity contribution in [3.63, 3.8) is 0 Å². The Bertz CT molecular complexity index is 1330. The Morgan fingerprint density at radius 1 is 0.683 bits per heavy atom. The molecule has 0 fully saturated rings. The van der Waals surface area contributed by atoms with Gasteiger partial charge >= 0.3 is 242 Å². The van der Waals surface area contributed by atoms with Gasteiger partial charge in [-0.05, 0) is 0 Å². The number of carbonyl (C=O) groups is 2. The van der Waals surface area contributed by atoms with Gasteiger partial charge in [0.2, 0.25) is 0 Å². The SMILES string of the molecule is CCC(C)C(=O)Nc1ccc(F)[c]([Ti]([c]2c(F)ccc(NC(=O)C(C)CC)c2F)([CH]2C=CC=C2)[CH]2C=CC=C2)c1F. The van der Waals surface area contributed by atoms with E-state index in [1.165, 1.54) is 0 Å². The molecule has 41 heavy (non-hydrogen) atoms. The number of rotatable bonds is 10. The van der Waals surface area contributed by atoms with Gasteiger partial charge in [0.25, 0.3) is 0 Å². The van der Waals surface area contributed by atoms with Crippen LogP contribution in [0.3, 0.4) is 0 Å². The molecule has 0 heterocycles. The molecule has 9 heteroatoms. The summed E-state index contributed by atoms with van der Waals surface area (Å²) in [7, 11) is 0. The van der Waals surface area contributed by atoms with Gasteiger partial charge in [-0.2, -0.15) is 0 Å². The standard InChI is InChI=1S/2C11H12F2NO.2C5H5.Ti/c2*1-3-7(2)11(15)14-10-5-4-8(12)6-9(10)13;2*1-2-4-5-3-1;/h2*4-5,7H,3H2,1-2H3,(H,14,15);2*1-5H;. The first-order valence-corrected chi connectivity index (χ1v) is 17.2. The Kier molecular flexibility index (Phi) is 9.55. The number of benzene rings is 2. The predicted molar refractivity (Wildman–Crippen MR) is 152 cm³/mol. The van der Waals surface area contributed by atoms with E-state index >= 15 is 17.6 Å². The van der Waals surface area contributed by atoms with E-state index in [1.54, 1.807) is 62.5 Å². The van der Waals surface area contributed by atoms with Gasteiger partial charge < -0.3 is 0 Å². The minimum atomic E-state index is -5.03. The van der Waals surface area contributed by atoms with Crippen molar-refractivity contribution in [3.05, 3.63) is 96.1 Å². The summed E-state index contributed by atoms with van der Waals surface area (Å²) in [4.78, 5) is 25.4. The molecule has 2 aromatic carbocycles. The van der Waals surface area contributed by atoms with Crippen molar-refractivity contribution in [2.24, 2.45) is 11.8 Å². The fraction of sp³-hybridized carbons (Fsp3) is 0.312. The minimum absolute atomic E-state index is 0.249. The average Bonchev–Trinajstić information content (AvgIpc) is 3.70. The molecule has 2 atom stereocenters. The van der Waals surface area contributed by atoms with Crippen molar-refractivity contribution in [1.82, 2.24) is 0 Å². The molecular formula is C32H34F4N2O2Ti. The molecule has 2 aliphatic rings. The summed E-state index contributed by atoms with van der Waals surface area (Å²) >= 11 is -5.03. The van der Waals surface area contributed by atoms with E-state index in [0.717, 1.165) is 24.3 Å². The van der Waals surface area contributed by atoms with Crippen LogP contribution in [0.25, 0.3) is 0 Å². The van der Waals surface area contributed by atoms with Gasteiger partial charge in [-0.15, -0.1) is 0 Å². The molecule has 2 aromatic rings. The zero-order chi connectivity index (χ0) is 29.9. The summed E-state index contributed by atoms with van der Waals surface area (Å²) in [6.45, 7) is 7.00. The summed E-state index contributed by atoms with van der Waals surface area (Å²) in [5.74, 6) is -5.74. The number of allylic oxidation sites excluding steroid dienone is 8. The number of halogens is 4. The van der Waals surface area contributed by atoms with Crippen LogP contribution in [0.4, 0.5) is 28.9 Å². The Morgan fingerprint density at radius 2 is 1.02 bits per heavy atom. The molecule has 2 amide bonds. The summed E-state index contributed by atoms with van der Waals surface area (Å²) in [6.07, 6.45) is 14.7. The zero-order valence-corrected chi connectivity index (χ0v) is 25.0. The van der Waals surface area contributed by atoms with E-state index in [4.69, 9.17) is 0 Å². The molecule has 0 spiro atoms. The molecule has 4 rings (SSSR count). The van der Waals surface area contributed by atoms with Crippen molar-refractivity contribution >= 4 is 30.9 Å². The van der Waals surface area contributed by atoms with E-state index in [1.807, 2.05) is 13.8 Å². The second-order valence-corrected chi connectivity index (χ2v) is 17.0. The molecule has 2 N–H and O–H groups in total. The Morgan fingerprint density at radius 3 is 1.34 bits per heavy atom. The topological polar surface area (TPSA) is 58.2 Å². The van der Waals surface area contributed by atoms with Gasteiger partial charge in [0.05, 0.1) is 0 Å². The first-order valence-electron chi connectivity index (χ1n) is 13.9. The van der Waals surface area contributed by atoms with Crippen LogP contribution in [0, 0.1) is 35.1 Å². The van der Waals surface area contributed by atoms with Crippen LogP contribution in [0.1, 0.15) is 40.5 Å². The Labute approximate surface area is 241 Å². The third kappa shape index (κ3) is 5.64. The van der Waals surface area contributed by atoms with Gasteiger partial charge in [-0.1, -0.05) is 0 Å². The quantitative estimate of drug-likeness (QED) is 0.224. The zero-order valence-electron chi connectivity index (χ0n) is 23.5. The third-order valence-corrected chi connectivity index (χ3v) is 16.7. The molecule has 4 nitrogen and oxygen atoms in total. The van der Waals surface area contributed by atoms with Crippen LogP contribution in [0.5, 0.6) is 0 Å². The molecule has 0 bridgehead atoms. The molecule has 0 aliphatic heterocycles. The van der Waals surface area contributed by atoms with Gasteiger partial charge in [-0.25, -0.2) is 0 Å². The van der Waals surface area contributed by atoms with Crippen LogP contribution < -0.4 is 18.4 Å². The van der Waals surface area contributed by atoms with E-state index in [0.29, 0.717) is 12.8 Å². The van der Waals surface area contributed by atoms with Gasteiger partial charge in [0, 0.05) is 0 Å². The normalized spacial score (nSPS) is 16.4. The molecular weight excluding hydrogens is 568 g/mol. The molecule has 2 aliphatic carbocycles. The maximum atomic E-state index is 16.7. The maximum absolute atomic E-state index is 16.7. The van der Waals surface area contributed by atoms with Crippen molar-refractivity contribution < 1.29 is 43.7 Å². The number of hydrogen-bond acceptors (Lipinski definition) is 2. The summed E-state index contributed by atoms with van der Waals surface area (Å²) in [6, 6.07) is 4.36. The number of nitrogens with one attached hydrogen (secondary N) is 2. The van der Waals surface area contributed by atoms with E-state index in [-0.39, 0.29) is 11.4 Å². The molecule has 0 saturated heterocycles. The number of carbonyl (C=O) groups excluding carboxylic acids is 2. The molecule has 2 unspecified atom stereocenters. The number of anilines is 2. The van der Waals surface area contributed by atoms with Crippen LogP contribution in [-0.4, -0.2) is 11.8 Å². The number of amides is 2. The van der Waals surface area contributed by atoms with Crippen LogP contribution >= 0.6 is 0 Å². The van der Waals surface area contributed by atoms with E-state index in [2.05, 4.69) is 10.6 Å². The molecule has 0 radical (unpaired) electrons. The molecule has 216 valence electrons. The second-order valence-electron chi connectivity index (χ2n) is 10.6. The fourth-order valence-corrected chi connectivity index (χ4v) is 14.2. The summed E-state index contributed by atoms with van der Waals surface area (Å²) in [5, 5.41) is 5.10. The third-order valence-electron chi connectivity index (χ3n) is 8.19. The van der Waals surface area contributed by atoms with Crippen molar-refractivity contribution in [2.75, 3.05) is 10.6 Å². The molecule has 0 aromatic heterocycles. The Balaban J connectivity index is 2.06. The van der Waals surface area contributed by atoms with Crippen molar-refractivity contribution in [2.45, 2.75) is 49.0 Å². The summed E-state index contributed by atoms with van der Waals surface area (Å²) < 4.78 is 63.3. The van der Waals surface area contributed by atoms with Gasteiger partial charge in [0.1, 0.15) is 0 Å². The average molecular weight is 602 g/mol. The van der Waals surface area contributed by atoms with Crippen LogP contribution in [0.2, 0.25) is 8.45 Å². The van der Waals surface area contributed by atoms with Crippen LogP contribution in [-0.2, 0) is 26.2 Å². The predicted octanol–water partition coefficient (Wildman–Crippen LogP) is 7.15. The van der Waals surface area contributed by atoms with Gasteiger partial charge in [0.15, 0.2) is 0 Å². The number of hydrogen-bond donors (Lipinski definition) is 2. The molecule has 0 saturated carbocycles. The van der Waals surface area contributed by atoms with E-state index in [9.17, 15) is 9.59 Å². The van der Waals surface area contributed by atoms with Gasteiger partial charge in [-0.3, -0.25) is 0 Å². The fourth-order valence-electron chi connectivity index (χ4n) is 5.42. The first-order chi connectivity index (χ1) is 19.6. The van der Waals surface area contributed by atoms with E-state index < -0.39 is 79.7 Å². The Hall–Kier alpha value is -3.23.